The summed E-state index contributed by atoms with van der Waals surface area (Å²) < 4.78 is 5.74. The van der Waals surface area contributed by atoms with Crippen molar-refractivity contribution >= 4 is 28.7 Å². The van der Waals surface area contributed by atoms with E-state index in [0.717, 1.165) is 35.6 Å². The molecule has 1 amide bonds. The van der Waals surface area contributed by atoms with Crippen LogP contribution in [0.3, 0.4) is 0 Å². The van der Waals surface area contributed by atoms with Gasteiger partial charge in [0.25, 0.3) is 5.91 Å². The molecule has 0 unspecified atom stereocenters. The van der Waals surface area contributed by atoms with Crippen molar-refractivity contribution in [1.82, 2.24) is 0 Å². The average molecular weight is 345 g/mol. The molecule has 3 aromatic rings. The molecular formula is C22H19NO3. The molecule has 0 radical (unpaired) electrons. The number of aryl methyl sites for hydroxylation is 1. The number of hydrogen-bond acceptors (Lipinski definition) is 3. The number of ether oxygens (including phenoxy) is 1. The Kier molecular flexibility index (Phi) is 4.40. The first kappa shape index (κ1) is 16.3. The van der Waals surface area contributed by atoms with Gasteiger partial charge in [-0.15, -0.1) is 0 Å². The quantitative estimate of drug-likeness (QED) is 0.671. The second kappa shape index (κ2) is 7.00. The topological polar surface area (TPSA) is 46.6 Å². The lowest BCUT2D eigenvalue weighted by Gasteiger charge is -2.29. The van der Waals surface area contributed by atoms with Gasteiger partial charge in [0.2, 0.25) is 0 Å². The molecule has 0 saturated carbocycles. The molecule has 0 atom stereocenters. The van der Waals surface area contributed by atoms with Crippen LogP contribution in [0.15, 0.2) is 60.7 Å². The summed E-state index contributed by atoms with van der Waals surface area (Å²) in [5.41, 5.74) is 2.63. The zero-order valence-electron chi connectivity index (χ0n) is 14.4. The highest BCUT2D eigenvalue weighted by atomic mass is 16.5. The minimum absolute atomic E-state index is 0.0898. The molecule has 130 valence electrons. The van der Waals surface area contributed by atoms with Crippen LogP contribution in [0.4, 0.5) is 5.69 Å². The number of benzene rings is 3. The summed E-state index contributed by atoms with van der Waals surface area (Å²) in [4.78, 5) is 26.1. The Morgan fingerprint density at radius 2 is 1.85 bits per heavy atom. The summed E-state index contributed by atoms with van der Waals surface area (Å²) in [7, 11) is 0. The number of fused-ring (bicyclic) bond motifs is 2. The van der Waals surface area contributed by atoms with E-state index in [-0.39, 0.29) is 12.5 Å². The Morgan fingerprint density at radius 3 is 2.73 bits per heavy atom. The summed E-state index contributed by atoms with van der Waals surface area (Å²) in [6.45, 7) is 0.602. The van der Waals surface area contributed by atoms with Crippen molar-refractivity contribution in [2.75, 3.05) is 18.1 Å². The molecule has 26 heavy (non-hydrogen) atoms. The summed E-state index contributed by atoms with van der Waals surface area (Å²) >= 11 is 0. The maximum Gasteiger partial charge on any atom is 0.264 e. The van der Waals surface area contributed by atoms with Gasteiger partial charge < -0.3 is 9.64 Å². The van der Waals surface area contributed by atoms with Gasteiger partial charge in [-0.05, 0) is 41.3 Å². The normalized spacial score (nSPS) is 13.3. The van der Waals surface area contributed by atoms with Gasteiger partial charge in [0, 0.05) is 12.2 Å². The number of hydrogen-bond donors (Lipinski definition) is 0. The van der Waals surface area contributed by atoms with Crippen LogP contribution in [0.1, 0.15) is 22.3 Å². The Hall–Kier alpha value is -3.14. The molecular weight excluding hydrogens is 326 g/mol. The first-order valence-electron chi connectivity index (χ1n) is 8.76. The van der Waals surface area contributed by atoms with Crippen LogP contribution in [0.25, 0.3) is 10.8 Å². The predicted molar refractivity (Wildman–Crippen MR) is 102 cm³/mol. The zero-order valence-corrected chi connectivity index (χ0v) is 14.4. The maximum absolute atomic E-state index is 12.7. The molecule has 0 bridgehead atoms. The smallest absolute Gasteiger partial charge is 0.264 e. The van der Waals surface area contributed by atoms with Crippen molar-refractivity contribution in [2.45, 2.75) is 12.8 Å². The van der Waals surface area contributed by atoms with E-state index in [9.17, 15) is 9.59 Å². The van der Waals surface area contributed by atoms with Crippen molar-refractivity contribution < 1.29 is 14.3 Å². The second-order valence-corrected chi connectivity index (χ2v) is 6.38. The summed E-state index contributed by atoms with van der Waals surface area (Å²) in [5, 5.41) is 1.80. The highest BCUT2D eigenvalue weighted by Crippen LogP contribution is 2.28. The van der Waals surface area contributed by atoms with Crippen LogP contribution in [0, 0.1) is 0 Å². The van der Waals surface area contributed by atoms with Gasteiger partial charge in [-0.3, -0.25) is 9.59 Å². The van der Waals surface area contributed by atoms with E-state index in [1.54, 1.807) is 11.0 Å². The molecule has 0 spiro atoms. The molecule has 1 aliphatic heterocycles. The van der Waals surface area contributed by atoms with E-state index in [0.29, 0.717) is 17.9 Å². The molecule has 4 rings (SSSR count). The van der Waals surface area contributed by atoms with Crippen LogP contribution in [-0.2, 0) is 11.2 Å². The van der Waals surface area contributed by atoms with Crippen LogP contribution in [0.2, 0.25) is 0 Å². The molecule has 1 aliphatic rings. The Bertz CT molecular complexity index is 980. The van der Waals surface area contributed by atoms with Crippen LogP contribution >= 0.6 is 0 Å². The molecule has 0 aromatic heterocycles. The van der Waals surface area contributed by atoms with Gasteiger partial charge in [-0.1, -0.05) is 48.5 Å². The minimum Gasteiger partial charge on any atom is -0.483 e. The molecule has 4 heteroatoms. The third kappa shape index (κ3) is 2.94. The van der Waals surface area contributed by atoms with Gasteiger partial charge in [-0.2, -0.15) is 0 Å². The minimum atomic E-state index is -0.0952. The summed E-state index contributed by atoms with van der Waals surface area (Å²) in [6.07, 6.45) is 2.72. The predicted octanol–water partition coefficient (Wildman–Crippen LogP) is 4.01. The first-order chi connectivity index (χ1) is 12.8. The first-order valence-corrected chi connectivity index (χ1v) is 8.76. The molecule has 0 N–H and O–H groups in total. The number of carbonyl (C=O) groups excluding carboxylic acids is 2. The van der Waals surface area contributed by atoms with E-state index >= 15 is 0 Å². The molecule has 3 aromatic carbocycles. The Balaban J connectivity index is 1.56. The fourth-order valence-corrected chi connectivity index (χ4v) is 3.53. The van der Waals surface area contributed by atoms with E-state index < -0.39 is 0 Å². The Labute approximate surface area is 152 Å². The van der Waals surface area contributed by atoms with Crippen molar-refractivity contribution in [1.29, 1.82) is 0 Å². The number of anilines is 1. The fourth-order valence-electron chi connectivity index (χ4n) is 3.53. The van der Waals surface area contributed by atoms with E-state index in [2.05, 4.69) is 6.07 Å². The number of nitrogens with zero attached hydrogens (tertiary/aromatic N) is 1. The lowest BCUT2D eigenvalue weighted by Crippen LogP contribution is -2.38. The fraction of sp³-hybridized carbons (Fsp3) is 0.182. The Morgan fingerprint density at radius 1 is 1.04 bits per heavy atom. The standard InChI is InChI=1S/C22H19NO3/c24-14-19-18-9-3-1-6-16(18)11-12-21(19)26-15-22(25)23-13-5-8-17-7-2-4-10-20(17)23/h1-4,6-7,9-12,14H,5,8,13,15H2. The maximum atomic E-state index is 12.7. The van der Waals surface area contributed by atoms with Crippen molar-refractivity contribution in [3.63, 3.8) is 0 Å². The largest absolute Gasteiger partial charge is 0.483 e. The lowest BCUT2D eigenvalue weighted by atomic mass is 10.0. The lowest BCUT2D eigenvalue weighted by molar-refractivity contribution is -0.120. The van der Waals surface area contributed by atoms with Gasteiger partial charge >= 0.3 is 0 Å². The number of rotatable bonds is 4. The van der Waals surface area contributed by atoms with Crippen molar-refractivity contribution in [3.8, 4) is 5.75 Å². The molecule has 0 aliphatic carbocycles. The third-order valence-electron chi connectivity index (χ3n) is 4.81. The SMILES string of the molecule is O=Cc1c(OCC(=O)N2CCCc3ccccc32)ccc2ccccc12. The van der Waals surface area contributed by atoms with E-state index in [1.165, 1.54) is 5.56 Å². The third-order valence-corrected chi connectivity index (χ3v) is 4.81. The summed E-state index contributed by atoms with van der Waals surface area (Å²) in [5.74, 6) is 0.347. The second-order valence-electron chi connectivity index (χ2n) is 6.38. The van der Waals surface area contributed by atoms with E-state index in [1.807, 2.05) is 48.5 Å². The van der Waals surface area contributed by atoms with Crippen molar-refractivity contribution in [2.24, 2.45) is 0 Å². The van der Waals surface area contributed by atoms with Gasteiger partial charge in [0.1, 0.15) is 5.75 Å². The zero-order chi connectivity index (χ0) is 17.9. The number of carbonyl (C=O) groups is 2. The highest BCUT2D eigenvalue weighted by molar-refractivity contribution is 6.01. The number of aldehydes is 1. The van der Waals surface area contributed by atoms with Crippen LogP contribution in [-0.4, -0.2) is 25.3 Å². The molecule has 0 fully saturated rings. The monoisotopic (exact) mass is 345 g/mol. The summed E-state index contributed by atoms with van der Waals surface area (Å²) in [6, 6.07) is 19.3. The number of para-hydroxylation sites is 1. The molecule has 0 saturated heterocycles. The molecule has 4 nitrogen and oxygen atoms in total. The molecule has 1 heterocycles. The van der Waals surface area contributed by atoms with Gasteiger partial charge in [-0.25, -0.2) is 0 Å². The average Bonchev–Trinajstić information content (AvgIpc) is 2.71. The van der Waals surface area contributed by atoms with Crippen LogP contribution in [0.5, 0.6) is 5.75 Å². The van der Waals surface area contributed by atoms with E-state index in [4.69, 9.17) is 4.74 Å². The highest BCUT2D eigenvalue weighted by Gasteiger charge is 2.22. The van der Waals surface area contributed by atoms with Gasteiger partial charge in [0.15, 0.2) is 12.9 Å². The number of amides is 1. The van der Waals surface area contributed by atoms with Crippen molar-refractivity contribution in [3.05, 3.63) is 71.8 Å². The van der Waals surface area contributed by atoms with Gasteiger partial charge in [0.05, 0.1) is 5.56 Å². The van der Waals surface area contributed by atoms with Crippen LogP contribution < -0.4 is 9.64 Å².